The van der Waals surface area contributed by atoms with Gasteiger partial charge in [-0.15, -0.1) is 0 Å². The molecule has 0 saturated carbocycles. The Morgan fingerprint density at radius 1 is 1.24 bits per heavy atom. The monoisotopic (exact) mass is 231 g/mol. The molecule has 88 valence electrons. The van der Waals surface area contributed by atoms with Crippen molar-refractivity contribution >= 4 is 5.97 Å². The van der Waals surface area contributed by atoms with E-state index in [0.717, 1.165) is 5.56 Å². The van der Waals surface area contributed by atoms with Gasteiger partial charge in [-0.2, -0.15) is 0 Å². The van der Waals surface area contributed by atoms with Gasteiger partial charge in [0, 0.05) is 6.54 Å². The van der Waals surface area contributed by atoms with Crippen molar-refractivity contribution in [3.05, 3.63) is 60.1 Å². The minimum absolute atomic E-state index is 0.411. The third-order valence-corrected chi connectivity index (χ3v) is 2.43. The van der Waals surface area contributed by atoms with E-state index in [2.05, 4.69) is 5.32 Å². The van der Waals surface area contributed by atoms with Gasteiger partial charge in [0.05, 0.1) is 6.26 Å². The fraction of sp³-hybridized carbons (Fsp3) is 0.154. The molecule has 4 nitrogen and oxygen atoms in total. The highest BCUT2D eigenvalue weighted by atomic mass is 16.4. The molecular weight excluding hydrogens is 218 g/mol. The summed E-state index contributed by atoms with van der Waals surface area (Å²) in [6.07, 6.45) is 1.47. The Kier molecular flexibility index (Phi) is 3.57. The zero-order valence-corrected chi connectivity index (χ0v) is 9.17. The lowest BCUT2D eigenvalue weighted by molar-refractivity contribution is -0.140. The van der Waals surface area contributed by atoms with Gasteiger partial charge in [0.15, 0.2) is 6.04 Å². The summed E-state index contributed by atoms with van der Waals surface area (Å²) >= 11 is 0. The zero-order valence-electron chi connectivity index (χ0n) is 9.17. The van der Waals surface area contributed by atoms with Crippen molar-refractivity contribution in [2.75, 3.05) is 0 Å². The van der Waals surface area contributed by atoms with Crippen LogP contribution in [-0.4, -0.2) is 11.1 Å². The molecule has 2 rings (SSSR count). The second-order valence-corrected chi connectivity index (χ2v) is 3.65. The molecule has 2 aromatic rings. The SMILES string of the molecule is O=C(O)[C@@H](NCc1ccccc1)c1ccco1. The van der Waals surface area contributed by atoms with E-state index in [4.69, 9.17) is 9.52 Å². The maximum Gasteiger partial charge on any atom is 0.328 e. The van der Waals surface area contributed by atoms with Crippen LogP contribution in [0.4, 0.5) is 0 Å². The summed E-state index contributed by atoms with van der Waals surface area (Å²) in [4.78, 5) is 11.1. The van der Waals surface area contributed by atoms with Gasteiger partial charge in [0.2, 0.25) is 0 Å². The Morgan fingerprint density at radius 2 is 2.00 bits per heavy atom. The highest BCUT2D eigenvalue weighted by Crippen LogP contribution is 2.14. The molecule has 0 aliphatic rings. The normalized spacial score (nSPS) is 12.2. The predicted octanol–water partition coefficient (Wildman–Crippen LogP) is 2.20. The van der Waals surface area contributed by atoms with Crippen LogP contribution in [0.2, 0.25) is 0 Å². The highest BCUT2D eigenvalue weighted by Gasteiger charge is 2.21. The van der Waals surface area contributed by atoms with Crippen molar-refractivity contribution in [2.24, 2.45) is 0 Å². The number of furan rings is 1. The number of carbonyl (C=O) groups is 1. The summed E-state index contributed by atoms with van der Waals surface area (Å²) in [6.45, 7) is 0.485. The van der Waals surface area contributed by atoms with E-state index in [0.29, 0.717) is 12.3 Å². The van der Waals surface area contributed by atoms with Crippen molar-refractivity contribution in [1.29, 1.82) is 0 Å². The molecule has 1 aromatic carbocycles. The predicted molar refractivity (Wildman–Crippen MR) is 62.4 cm³/mol. The smallest absolute Gasteiger partial charge is 0.328 e. The van der Waals surface area contributed by atoms with E-state index in [1.54, 1.807) is 12.1 Å². The molecule has 0 saturated heterocycles. The second-order valence-electron chi connectivity index (χ2n) is 3.65. The third kappa shape index (κ3) is 2.95. The molecule has 0 radical (unpaired) electrons. The van der Waals surface area contributed by atoms with Crippen molar-refractivity contribution in [3.8, 4) is 0 Å². The molecule has 1 heterocycles. The van der Waals surface area contributed by atoms with Crippen LogP contribution >= 0.6 is 0 Å². The molecule has 0 bridgehead atoms. The van der Waals surface area contributed by atoms with Gasteiger partial charge >= 0.3 is 5.97 Å². The van der Waals surface area contributed by atoms with Gasteiger partial charge in [0.25, 0.3) is 0 Å². The van der Waals surface area contributed by atoms with Gasteiger partial charge in [-0.1, -0.05) is 30.3 Å². The maximum atomic E-state index is 11.1. The lowest BCUT2D eigenvalue weighted by Crippen LogP contribution is -2.27. The average Bonchev–Trinajstić information content (AvgIpc) is 2.84. The first kappa shape index (κ1) is 11.4. The summed E-state index contributed by atoms with van der Waals surface area (Å²) < 4.78 is 5.10. The van der Waals surface area contributed by atoms with Crippen molar-refractivity contribution in [3.63, 3.8) is 0 Å². The van der Waals surface area contributed by atoms with Crippen LogP contribution in [0, 0.1) is 0 Å². The number of rotatable bonds is 5. The van der Waals surface area contributed by atoms with Gasteiger partial charge < -0.3 is 9.52 Å². The standard InChI is InChI=1S/C13H13NO3/c15-13(16)12(11-7-4-8-17-11)14-9-10-5-2-1-3-6-10/h1-8,12,14H,9H2,(H,15,16)/t12-/m0/s1. The fourth-order valence-corrected chi connectivity index (χ4v) is 1.58. The summed E-state index contributed by atoms with van der Waals surface area (Å²) in [6, 6.07) is 12.1. The van der Waals surface area contributed by atoms with Crippen molar-refractivity contribution < 1.29 is 14.3 Å². The van der Waals surface area contributed by atoms with Crippen LogP contribution in [-0.2, 0) is 11.3 Å². The highest BCUT2D eigenvalue weighted by molar-refractivity contribution is 5.74. The number of hydrogen-bond donors (Lipinski definition) is 2. The molecule has 0 aliphatic carbocycles. The van der Waals surface area contributed by atoms with Gasteiger partial charge in [-0.25, -0.2) is 0 Å². The second kappa shape index (κ2) is 5.32. The van der Waals surface area contributed by atoms with Crippen LogP contribution in [0.25, 0.3) is 0 Å². The lowest BCUT2D eigenvalue weighted by Gasteiger charge is -2.11. The van der Waals surface area contributed by atoms with Gasteiger partial charge in [0.1, 0.15) is 5.76 Å². The van der Waals surface area contributed by atoms with Gasteiger partial charge in [-0.05, 0) is 17.7 Å². The molecule has 0 spiro atoms. The average molecular weight is 231 g/mol. The molecule has 0 amide bonds. The number of benzene rings is 1. The topological polar surface area (TPSA) is 62.5 Å². The molecule has 0 unspecified atom stereocenters. The number of hydrogen-bond acceptors (Lipinski definition) is 3. The molecule has 1 atom stereocenters. The number of carboxylic acid groups (broad SMARTS) is 1. The summed E-state index contributed by atoms with van der Waals surface area (Å²) in [5.74, 6) is -0.538. The summed E-state index contributed by atoms with van der Waals surface area (Å²) in [7, 11) is 0. The Labute approximate surface area is 98.9 Å². The first-order valence-electron chi connectivity index (χ1n) is 5.31. The van der Waals surface area contributed by atoms with E-state index in [9.17, 15) is 4.79 Å². The number of aliphatic carboxylic acids is 1. The van der Waals surface area contributed by atoms with E-state index in [1.807, 2.05) is 30.3 Å². The molecule has 17 heavy (non-hydrogen) atoms. The molecule has 2 N–H and O–H groups in total. The number of nitrogens with one attached hydrogen (secondary N) is 1. The van der Waals surface area contributed by atoms with E-state index >= 15 is 0 Å². The van der Waals surface area contributed by atoms with E-state index in [1.165, 1.54) is 6.26 Å². The van der Waals surface area contributed by atoms with Crippen LogP contribution < -0.4 is 5.32 Å². The van der Waals surface area contributed by atoms with Gasteiger partial charge in [-0.3, -0.25) is 10.1 Å². The van der Waals surface area contributed by atoms with Crippen LogP contribution in [0.5, 0.6) is 0 Å². The molecule has 1 aromatic heterocycles. The Morgan fingerprint density at radius 3 is 2.59 bits per heavy atom. The lowest BCUT2D eigenvalue weighted by atomic mass is 10.2. The van der Waals surface area contributed by atoms with Crippen molar-refractivity contribution in [1.82, 2.24) is 5.32 Å². The Balaban J connectivity index is 2.03. The Bertz CT molecular complexity index is 465. The largest absolute Gasteiger partial charge is 0.480 e. The fourth-order valence-electron chi connectivity index (χ4n) is 1.58. The first-order chi connectivity index (χ1) is 8.27. The van der Waals surface area contributed by atoms with E-state index < -0.39 is 12.0 Å². The Hall–Kier alpha value is -2.07. The first-order valence-corrected chi connectivity index (χ1v) is 5.31. The van der Waals surface area contributed by atoms with Crippen LogP contribution in [0.1, 0.15) is 17.4 Å². The minimum atomic E-state index is -0.948. The summed E-state index contributed by atoms with van der Waals surface area (Å²) in [5.41, 5.74) is 1.03. The quantitative estimate of drug-likeness (QED) is 0.828. The summed E-state index contributed by atoms with van der Waals surface area (Å²) in [5, 5.41) is 12.0. The molecule has 0 fully saturated rings. The zero-order chi connectivity index (χ0) is 12.1. The van der Waals surface area contributed by atoms with Crippen molar-refractivity contribution in [2.45, 2.75) is 12.6 Å². The molecular formula is C13H13NO3. The van der Waals surface area contributed by atoms with Crippen LogP contribution in [0.3, 0.4) is 0 Å². The maximum absolute atomic E-state index is 11.1. The minimum Gasteiger partial charge on any atom is -0.480 e. The molecule has 0 aliphatic heterocycles. The van der Waals surface area contributed by atoms with E-state index in [-0.39, 0.29) is 0 Å². The molecule has 4 heteroatoms. The third-order valence-electron chi connectivity index (χ3n) is 2.43. The van der Waals surface area contributed by atoms with Crippen LogP contribution in [0.15, 0.2) is 53.1 Å². The number of carboxylic acids is 1.